The molecule has 4 heteroatoms. The number of halogens is 2. The van der Waals surface area contributed by atoms with Crippen LogP contribution < -0.4 is 4.90 Å². The molecule has 18 heavy (non-hydrogen) atoms. The van der Waals surface area contributed by atoms with Crippen molar-refractivity contribution in [1.29, 1.82) is 0 Å². The van der Waals surface area contributed by atoms with Crippen LogP contribution >= 0.6 is 11.6 Å². The first-order chi connectivity index (χ1) is 8.69. The first kappa shape index (κ1) is 12.8. The van der Waals surface area contributed by atoms with Gasteiger partial charge in [-0.2, -0.15) is 0 Å². The third-order valence-corrected chi connectivity index (χ3v) is 2.94. The molecule has 2 rings (SSSR count). The molecule has 1 aromatic heterocycles. The third-order valence-electron chi connectivity index (χ3n) is 2.74. The number of aromatic nitrogens is 1. The lowest BCUT2D eigenvalue weighted by molar-refractivity contribution is 0.627. The highest BCUT2D eigenvalue weighted by Crippen LogP contribution is 2.18. The molecule has 0 aliphatic rings. The van der Waals surface area contributed by atoms with Gasteiger partial charge in [-0.3, -0.25) is 0 Å². The largest absolute Gasteiger partial charge is 0.367 e. The first-order valence-electron chi connectivity index (χ1n) is 5.80. The summed E-state index contributed by atoms with van der Waals surface area (Å²) in [5.74, 6) is -0.221. The highest BCUT2D eigenvalue weighted by Gasteiger charge is 2.06. The lowest BCUT2D eigenvalue weighted by atomic mass is 10.2. The van der Waals surface area contributed by atoms with Gasteiger partial charge in [-0.25, -0.2) is 9.37 Å². The molecule has 1 aromatic carbocycles. The maximum atomic E-state index is 12.9. The van der Waals surface area contributed by atoms with Crippen molar-refractivity contribution in [3.8, 4) is 0 Å². The zero-order valence-corrected chi connectivity index (χ0v) is 10.9. The molecule has 2 nitrogen and oxygen atoms in total. The fraction of sp³-hybridized carbons (Fsp3) is 0.214. The standard InChI is InChI=1S/C14H14ClFN2/c1-2-18(13-5-3-12(16)4-6-13)10-11-7-8-17-14(15)9-11/h3-9H,2,10H2,1H3. The van der Waals surface area contributed by atoms with Crippen LogP contribution in [-0.2, 0) is 6.54 Å². The second-order valence-corrected chi connectivity index (χ2v) is 4.36. The minimum absolute atomic E-state index is 0.221. The maximum absolute atomic E-state index is 12.9. The van der Waals surface area contributed by atoms with Crippen molar-refractivity contribution >= 4 is 17.3 Å². The van der Waals surface area contributed by atoms with E-state index in [0.29, 0.717) is 5.15 Å². The van der Waals surface area contributed by atoms with Crippen LogP contribution in [0, 0.1) is 5.82 Å². The van der Waals surface area contributed by atoms with Gasteiger partial charge in [-0.1, -0.05) is 11.6 Å². The zero-order valence-electron chi connectivity index (χ0n) is 10.1. The molecule has 0 aliphatic carbocycles. The Morgan fingerprint density at radius 3 is 2.56 bits per heavy atom. The third kappa shape index (κ3) is 3.20. The van der Waals surface area contributed by atoms with E-state index in [4.69, 9.17) is 11.6 Å². The van der Waals surface area contributed by atoms with Crippen LogP contribution in [0.2, 0.25) is 5.15 Å². The predicted octanol–water partition coefficient (Wildman–Crippen LogP) is 3.90. The summed E-state index contributed by atoms with van der Waals surface area (Å²) in [7, 11) is 0. The van der Waals surface area contributed by atoms with E-state index in [1.165, 1.54) is 12.1 Å². The maximum Gasteiger partial charge on any atom is 0.129 e. The van der Waals surface area contributed by atoms with Crippen molar-refractivity contribution in [3.63, 3.8) is 0 Å². The fourth-order valence-electron chi connectivity index (χ4n) is 1.80. The molecule has 2 aromatic rings. The molecular formula is C14H14ClFN2. The molecule has 0 bridgehead atoms. The molecule has 0 fully saturated rings. The molecule has 0 N–H and O–H groups in total. The Morgan fingerprint density at radius 2 is 1.94 bits per heavy atom. The average Bonchev–Trinajstić information content (AvgIpc) is 2.37. The van der Waals surface area contributed by atoms with Crippen LogP contribution in [0.15, 0.2) is 42.6 Å². The summed E-state index contributed by atoms with van der Waals surface area (Å²) in [4.78, 5) is 6.10. The van der Waals surface area contributed by atoms with Gasteiger partial charge in [0.2, 0.25) is 0 Å². The van der Waals surface area contributed by atoms with Gasteiger partial charge in [0.1, 0.15) is 11.0 Å². The van der Waals surface area contributed by atoms with Gasteiger partial charge in [0.05, 0.1) is 0 Å². The molecule has 0 spiro atoms. The van der Waals surface area contributed by atoms with E-state index in [2.05, 4.69) is 16.8 Å². The molecule has 0 saturated carbocycles. The molecule has 0 aliphatic heterocycles. The summed E-state index contributed by atoms with van der Waals surface area (Å²) in [6, 6.07) is 10.3. The Bertz CT molecular complexity index is 513. The van der Waals surface area contributed by atoms with Gasteiger partial charge in [0.15, 0.2) is 0 Å². The van der Waals surface area contributed by atoms with Crippen molar-refractivity contribution in [1.82, 2.24) is 4.98 Å². The molecule has 0 saturated heterocycles. The first-order valence-corrected chi connectivity index (χ1v) is 6.18. The highest BCUT2D eigenvalue weighted by atomic mass is 35.5. The van der Waals surface area contributed by atoms with E-state index < -0.39 is 0 Å². The summed E-state index contributed by atoms with van der Waals surface area (Å²) in [5, 5.41) is 0.489. The number of pyridine rings is 1. The zero-order chi connectivity index (χ0) is 13.0. The minimum atomic E-state index is -0.221. The summed E-state index contributed by atoms with van der Waals surface area (Å²) < 4.78 is 12.9. The molecule has 0 amide bonds. The fourth-order valence-corrected chi connectivity index (χ4v) is 2.00. The van der Waals surface area contributed by atoms with Crippen LogP contribution in [0.25, 0.3) is 0 Å². The lowest BCUT2D eigenvalue weighted by Gasteiger charge is -2.23. The average molecular weight is 265 g/mol. The van der Waals surface area contributed by atoms with Gasteiger partial charge >= 0.3 is 0 Å². The monoisotopic (exact) mass is 264 g/mol. The van der Waals surface area contributed by atoms with E-state index in [0.717, 1.165) is 24.3 Å². The second-order valence-electron chi connectivity index (χ2n) is 3.98. The summed E-state index contributed by atoms with van der Waals surface area (Å²) in [5.41, 5.74) is 2.08. The Labute approximate surface area is 111 Å². The summed E-state index contributed by atoms with van der Waals surface area (Å²) in [6.45, 7) is 3.63. The molecule has 94 valence electrons. The van der Waals surface area contributed by atoms with Gasteiger partial charge < -0.3 is 4.90 Å². The van der Waals surface area contributed by atoms with Crippen LogP contribution in [-0.4, -0.2) is 11.5 Å². The van der Waals surface area contributed by atoms with Crippen LogP contribution in [0.1, 0.15) is 12.5 Å². The number of benzene rings is 1. The van der Waals surface area contributed by atoms with Crippen LogP contribution in [0.4, 0.5) is 10.1 Å². The molecule has 0 radical (unpaired) electrons. The van der Waals surface area contributed by atoms with Crippen LogP contribution in [0.5, 0.6) is 0 Å². The molecule has 1 heterocycles. The number of rotatable bonds is 4. The van der Waals surface area contributed by atoms with E-state index in [1.807, 2.05) is 12.1 Å². The summed E-state index contributed by atoms with van der Waals surface area (Å²) in [6.07, 6.45) is 1.69. The SMILES string of the molecule is CCN(Cc1ccnc(Cl)c1)c1ccc(F)cc1. The van der Waals surface area contributed by atoms with Crippen molar-refractivity contribution in [2.45, 2.75) is 13.5 Å². The molecular weight excluding hydrogens is 251 g/mol. The summed E-state index contributed by atoms with van der Waals surface area (Å²) >= 11 is 5.86. The van der Waals surface area contributed by atoms with Gasteiger partial charge in [0, 0.05) is 25.0 Å². The number of nitrogens with zero attached hydrogens (tertiary/aromatic N) is 2. The van der Waals surface area contributed by atoms with E-state index >= 15 is 0 Å². The normalized spacial score (nSPS) is 10.4. The molecule has 0 unspecified atom stereocenters. The second kappa shape index (κ2) is 5.83. The topological polar surface area (TPSA) is 16.1 Å². The molecule has 0 atom stereocenters. The van der Waals surface area contributed by atoms with Crippen molar-refractivity contribution < 1.29 is 4.39 Å². The van der Waals surface area contributed by atoms with Crippen molar-refractivity contribution in [3.05, 3.63) is 59.1 Å². The van der Waals surface area contributed by atoms with Gasteiger partial charge in [-0.15, -0.1) is 0 Å². The predicted molar refractivity (Wildman–Crippen MR) is 72.4 cm³/mol. The highest BCUT2D eigenvalue weighted by molar-refractivity contribution is 6.29. The number of hydrogen-bond donors (Lipinski definition) is 0. The Hall–Kier alpha value is -1.61. The van der Waals surface area contributed by atoms with Crippen molar-refractivity contribution in [2.75, 3.05) is 11.4 Å². The van der Waals surface area contributed by atoms with E-state index in [-0.39, 0.29) is 5.82 Å². The lowest BCUT2D eigenvalue weighted by Crippen LogP contribution is -2.21. The smallest absolute Gasteiger partial charge is 0.129 e. The van der Waals surface area contributed by atoms with Crippen LogP contribution in [0.3, 0.4) is 0 Å². The van der Waals surface area contributed by atoms with Gasteiger partial charge in [0.25, 0.3) is 0 Å². The Balaban J connectivity index is 2.17. The number of anilines is 1. The number of hydrogen-bond acceptors (Lipinski definition) is 2. The van der Waals surface area contributed by atoms with Crippen molar-refractivity contribution in [2.24, 2.45) is 0 Å². The van der Waals surface area contributed by atoms with E-state index in [1.54, 1.807) is 18.3 Å². The Morgan fingerprint density at radius 1 is 1.22 bits per heavy atom. The minimum Gasteiger partial charge on any atom is -0.367 e. The quantitative estimate of drug-likeness (QED) is 0.779. The van der Waals surface area contributed by atoms with Gasteiger partial charge in [-0.05, 0) is 48.9 Å². The Kier molecular flexibility index (Phi) is 4.15. The van der Waals surface area contributed by atoms with E-state index in [9.17, 15) is 4.39 Å².